The Morgan fingerprint density at radius 3 is 2.67 bits per heavy atom. The molecule has 1 aliphatic rings. The average molecular weight is 213 g/mol. The summed E-state index contributed by atoms with van der Waals surface area (Å²) in [6.07, 6.45) is 3.19. The van der Waals surface area contributed by atoms with Crippen LogP contribution in [0.5, 0.6) is 0 Å². The fourth-order valence-electron chi connectivity index (χ4n) is 1.37. The summed E-state index contributed by atoms with van der Waals surface area (Å²) in [7, 11) is 1.44. The van der Waals surface area contributed by atoms with E-state index in [1.165, 1.54) is 0 Å². The van der Waals surface area contributed by atoms with Gasteiger partial charge in [0.25, 0.3) is 0 Å². The number of piperidine rings is 1. The van der Waals surface area contributed by atoms with E-state index >= 15 is 0 Å². The van der Waals surface area contributed by atoms with Gasteiger partial charge in [0.2, 0.25) is 0 Å². The third-order valence-electron chi connectivity index (χ3n) is 2.03. The van der Waals surface area contributed by atoms with Gasteiger partial charge in [-0.05, 0) is 19.8 Å². The van der Waals surface area contributed by atoms with E-state index in [9.17, 15) is 8.42 Å². The van der Waals surface area contributed by atoms with Crippen molar-refractivity contribution in [2.45, 2.75) is 32.2 Å². The first-order valence-corrected chi connectivity index (χ1v) is 6.28. The zero-order chi connectivity index (χ0) is 9.19. The molecule has 1 fully saturated rings. The van der Waals surface area contributed by atoms with Crippen LogP contribution in [0.25, 0.3) is 0 Å². The van der Waals surface area contributed by atoms with Crippen molar-refractivity contribution in [1.29, 1.82) is 0 Å². The molecule has 0 spiro atoms. The lowest BCUT2D eigenvalue weighted by molar-refractivity contribution is 0.136. The maximum absolute atomic E-state index is 10.7. The molecule has 1 aliphatic heterocycles. The maximum atomic E-state index is 10.7. The van der Waals surface area contributed by atoms with Gasteiger partial charge < -0.3 is 0 Å². The fraction of sp³-hybridized carbons (Fsp3) is 1.00. The molecule has 1 atom stereocenters. The van der Waals surface area contributed by atoms with Crippen molar-refractivity contribution >= 4 is 19.9 Å². The van der Waals surface area contributed by atoms with Gasteiger partial charge in [-0.25, -0.2) is 5.01 Å². The largest absolute Gasteiger partial charge is 0.310 e. The van der Waals surface area contributed by atoms with Crippen LogP contribution in [0.15, 0.2) is 0 Å². The highest BCUT2D eigenvalue weighted by Crippen LogP contribution is 2.14. The van der Waals surface area contributed by atoms with Crippen molar-refractivity contribution in [3.8, 4) is 0 Å². The van der Waals surface area contributed by atoms with Crippen molar-refractivity contribution in [2.24, 2.45) is 0 Å². The van der Waals surface area contributed by atoms with E-state index in [-0.39, 0.29) is 6.04 Å². The normalized spacial score (nSPS) is 27.3. The van der Waals surface area contributed by atoms with E-state index < -0.39 is 9.24 Å². The highest BCUT2D eigenvalue weighted by atomic mass is 35.7. The molecule has 0 bridgehead atoms. The minimum Gasteiger partial charge on any atom is -0.227 e. The maximum Gasteiger partial charge on any atom is 0.310 e. The molecule has 6 heteroatoms. The van der Waals surface area contributed by atoms with Crippen LogP contribution in [-0.2, 0) is 9.24 Å². The summed E-state index contributed by atoms with van der Waals surface area (Å²) >= 11 is 0. The number of nitrogens with one attached hydrogen (secondary N) is 1. The Morgan fingerprint density at radius 1 is 1.50 bits per heavy atom. The zero-order valence-corrected chi connectivity index (χ0v) is 8.53. The summed E-state index contributed by atoms with van der Waals surface area (Å²) in [5.41, 5.74) is 0. The summed E-state index contributed by atoms with van der Waals surface area (Å²) in [4.78, 5) is 2.28. The topological polar surface area (TPSA) is 49.4 Å². The summed E-state index contributed by atoms with van der Waals surface area (Å²) in [5.74, 6) is 0. The highest BCUT2D eigenvalue weighted by Gasteiger charge is 2.21. The lowest BCUT2D eigenvalue weighted by atomic mass is 10.1. The SMILES string of the molecule is CC1CCCCN1NS(=O)(=O)Cl. The van der Waals surface area contributed by atoms with E-state index in [1.54, 1.807) is 5.01 Å². The van der Waals surface area contributed by atoms with Crippen molar-refractivity contribution < 1.29 is 8.42 Å². The van der Waals surface area contributed by atoms with Crippen molar-refractivity contribution in [2.75, 3.05) is 6.54 Å². The first-order valence-electron chi connectivity index (χ1n) is 3.98. The van der Waals surface area contributed by atoms with Crippen LogP contribution in [0.2, 0.25) is 0 Å². The van der Waals surface area contributed by atoms with E-state index in [4.69, 9.17) is 10.7 Å². The molecule has 72 valence electrons. The van der Waals surface area contributed by atoms with Gasteiger partial charge in [-0.1, -0.05) is 6.42 Å². The van der Waals surface area contributed by atoms with E-state index in [0.29, 0.717) is 0 Å². The summed E-state index contributed by atoms with van der Waals surface area (Å²) in [5, 5.41) is 1.67. The standard InChI is InChI=1S/C6H13ClN2O2S/c1-6-4-2-3-5-9(6)8-12(7,10)11/h6,8H,2-5H2,1H3. The van der Waals surface area contributed by atoms with E-state index in [1.807, 2.05) is 6.92 Å². The van der Waals surface area contributed by atoms with Gasteiger partial charge in [0.15, 0.2) is 0 Å². The molecule has 12 heavy (non-hydrogen) atoms. The zero-order valence-electron chi connectivity index (χ0n) is 6.96. The molecule has 0 aromatic carbocycles. The molecular weight excluding hydrogens is 200 g/mol. The predicted octanol–water partition coefficient (Wildman–Crippen LogP) is 0.849. The third kappa shape index (κ3) is 3.26. The minimum absolute atomic E-state index is 0.243. The number of rotatable bonds is 2. The Balaban J connectivity index is 2.50. The molecule has 1 saturated heterocycles. The molecular formula is C6H13ClN2O2S. The second kappa shape index (κ2) is 3.91. The molecule has 0 aromatic heterocycles. The van der Waals surface area contributed by atoms with Crippen LogP contribution in [-0.4, -0.2) is 26.0 Å². The summed E-state index contributed by atoms with van der Waals surface area (Å²) in [6, 6.07) is 0.243. The molecule has 0 aromatic rings. The second-order valence-electron chi connectivity index (χ2n) is 3.07. The van der Waals surface area contributed by atoms with E-state index in [0.717, 1.165) is 25.8 Å². The van der Waals surface area contributed by atoms with Crippen LogP contribution in [0.4, 0.5) is 0 Å². The monoisotopic (exact) mass is 212 g/mol. The number of nitrogens with zero attached hydrogens (tertiary/aromatic N) is 1. The molecule has 0 aliphatic carbocycles. The van der Waals surface area contributed by atoms with E-state index in [2.05, 4.69) is 4.83 Å². The third-order valence-corrected chi connectivity index (χ3v) is 2.69. The summed E-state index contributed by atoms with van der Waals surface area (Å²) in [6.45, 7) is 2.72. The Bertz CT molecular complexity index is 242. The van der Waals surface area contributed by atoms with Crippen molar-refractivity contribution in [3.05, 3.63) is 0 Å². The molecule has 4 nitrogen and oxygen atoms in total. The second-order valence-corrected chi connectivity index (χ2v) is 5.34. The Hall–Kier alpha value is 0.160. The quantitative estimate of drug-likeness (QED) is 0.691. The van der Waals surface area contributed by atoms with Gasteiger partial charge in [-0.2, -0.15) is 8.42 Å². The lowest BCUT2D eigenvalue weighted by Crippen LogP contribution is -2.48. The highest BCUT2D eigenvalue weighted by molar-refractivity contribution is 8.12. The molecule has 1 N–H and O–H groups in total. The minimum atomic E-state index is -3.61. The smallest absolute Gasteiger partial charge is 0.227 e. The van der Waals surface area contributed by atoms with Gasteiger partial charge in [-0.15, -0.1) is 4.83 Å². The number of halogens is 1. The number of hydrogen-bond acceptors (Lipinski definition) is 3. The van der Waals surface area contributed by atoms with Crippen LogP contribution < -0.4 is 4.83 Å². The van der Waals surface area contributed by atoms with Gasteiger partial charge in [0.1, 0.15) is 0 Å². The average Bonchev–Trinajstić information content (AvgIpc) is 1.91. The molecule has 1 heterocycles. The molecule has 1 rings (SSSR count). The Kier molecular flexibility index (Phi) is 3.34. The van der Waals surface area contributed by atoms with Crippen LogP contribution in [0.3, 0.4) is 0 Å². The first kappa shape index (κ1) is 10.2. The van der Waals surface area contributed by atoms with Gasteiger partial charge in [0.05, 0.1) is 0 Å². The van der Waals surface area contributed by atoms with Crippen LogP contribution in [0.1, 0.15) is 26.2 Å². The molecule has 0 amide bonds. The Morgan fingerprint density at radius 2 is 2.17 bits per heavy atom. The predicted molar refractivity (Wildman–Crippen MR) is 47.9 cm³/mol. The Labute approximate surface area is 77.4 Å². The first-order chi connectivity index (χ1) is 5.49. The van der Waals surface area contributed by atoms with Crippen LogP contribution in [0, 0.1) is 0 Å². The van der Waals surface area contributed by atoms with Gasteiger partial charge in [0, 0.05) is 23.3 Å². The van der Waals surface area contributed by atoms with Crippen molar-refractivity contribution in [3.63, 3.8) is 0 Å². The fourth-order valence-corrected chi connectivity index (χ4v) is 2.19. The number of hydrogen-bond donors (Lipinski definition) is 1. The van der Waals surface area contributed by atoms with Crippen LogP contribution >= 0.6 is 10.7 Å². The molecule has 0 saturated carbocycles. The number of hydrazine groups is 1. The van der Waals surface area contributed by atoms with Gasteiger partial charge >= 0.3 is 9.24 Å². The van der Waals surface area contributed by atoms with Crippen molar-refractivity contribution in [1.82, 2.24) is 9.84 Å². The molecule has 1 unspecified atom stereocenters. The molecule has 0 radical (unpaired) electrons. The summed E-state index contributed by atoms with van der Waals surface area (Å²) < 4.78 is 21.3. The van der Waals surface area contributed by atoms with Gasteiger partial charge in [-0.3, -0.25) is 0 Å². The lowest BCUT2D eigenvalue weighted by Gasteiger charge is -2.31.